The minimum Gasteiger partial charge on any atom is -0.354 e. The lowest BCUT2D eigenvalue weighted by atomic mass is 10.2. The average molecular weight is 306 g/mol. The molecule has 0 saturated carbocycles. The van der Waals surface area contributed by atoms with Crippen LogP contribution in [0.15, 0.2) is 24.3 Å². The molecule has 1 aromatic carbocycles. The zero-order valence-electron chi connectivity index (χ0n) is 10.3. The van der Waals surface area contributed by atoms with Gasteiger partial charge < -0.3 is 16.4 Å². The minimum absolute atomic E-state index is 0. The van der Waals surface area contributed by atoms with Crippen LogP contribution in [-0.2, 0) is 4.79 Å². The highest BCUT2D eigenvalue weighted by Crippen LogP contribution is 2.14. The molecule has 0 radical (unpaired) electrons. The Morgan fingerprint density at radius 2 is 1.79 bits per heavy atom. The summed E-state index contributed by atoms with van der Waals surface area (Å²) in [4.78, 5) is 22.8. The van der Waals surface area contributed by atoms with E-state index in [0.717, 1.165) is 0 Å². The smallest absolute Gasteiger partial charge is 0.252 e. The van der Waals surface area contributed by atoms with Gasteiger partial charge in [0.15, 0.2) is 0 Å². The van der Waals surface area contributed by atoms with E-state index in [0.29, 0.717) is 36.6 Å². The predicted molar refractivity (Wildman–Crippen MR) is 77.7 cm³/mol. The monoisotopic (exact) mass is 305 g/mol. The normalized spacial score (nSPS) is 9.37. The van der Waals surface area contributed by atoms with Crippen LogP contribution >= 0.6 is 24.0 Å². The summed E-state index contributed by atoms with van der Waals surface area (Å²) in [6, 6.07) is 6.79. The molecular formula is C12H17Cl2N3O2. The third-order valence-corrected chi connectivity index (χ3v) is 2.55. The van der Waals surface area contributed by atoms with Crippen LogP contribution in [-0.4, -0.2) is 31.4 Å². The predicted octanol–water partition coefficient (Wildman–Crippen LogP) is 0.957. The number of rotatable bonds is 6. The summed E-state index contributed by atoms with van der Waals surface area (Å²) in [5.41, 5.74) is 5.65. The SMILES string of the molecule is Cl.NCCC(=O)NCCNC(=O)c1ccccc1Cl. The van der Waals surface area contributed by atoms with Crippen LogP contribution in [0.4, 0.5) is 0 Å². The van der Waals surface area contributed by atoms with Crippen molar-refractivity contribution in [2.75, 3.05) is 19.6 Å². The van der Waals surface area contributed by atoms with E-state index in [1.807, 2.05) is 0 Å². The molecule has 0 aliphatic heterocycles. The van der Waals surface area contributed by atoms with Crippen LogP contribution in [0.2, 0.25) is 5.02 Å². The van der Waals surface area contributed by atoms with Crippen LogP contribution in [0.3, 0.4) is 0 Å². The van der Waals surface area contributed by atoms with Crippen LogP contribution in [0.25, 0.3) is 0 Å². The molecule has 5 nitrogen and oxygen atoms in total. The topological polar surface area (TPSA) is 84.2 Å². The van der Waals surface area contributed by atoms with Gasteiger partial charge in [0, 0.05) is 26.1 Å². The molecule has 0 unspecified atom stereocenters. The Labute approximate surface area is 123 Å². The van der Waals surface area contributed by atoms with Gasteiger partial charge in [0.25, 0.3) is 5.91 Å². The fourth-order valence-electron chi connectivity index (χ4n) is 1.34. The van der Waals surface area contributed by atoms with Crippen molar-refractivity contribution >= 4 is 35.8 Å². The molecule has 0 bridgehead atoms. The largest absolute Gasteiger partial charge is 0.354 e. The van der Waals surface area contributed by atoms with Crippen molar-refractivity contribution in [3.8, 4) is 0 Å². The molecule has 0 fully saturated rings. The molecule has 1 rings (SSSR count). The summed E-state index contributed by atoms with van der Waals surface area (Å²) in [6.45, 7) is 1.03. The fourth-order valence-corrected chi connectivity index (χ4v) is 1.56. The molecule has 0 saturated heterocycles. The number of benzene rings is 1. The number of halogens is 2. The Bertz CT molecular complexity index is 427. The van der Waals surface area contributed by atoms with Crippen molar-refractivity contribution in [1.82, 2.24) is 10.6 Å². The van der Waals surface area contributed by atoms with Gasteiger partial charge in [0.2, 0.25) is 5.91 Å². The molecule has 0 spiro atoms. The van der Waals surface area contributed by atoms with E-state index in [4.69, 9.17) is 17.3 Å². The Kier molecular flexibility index (Phi) is 8.95. The fraction of sp³-hybridized carbons (Fsp3) is 0.333. The first-order chi connectivity index (χ1) is 8.65. The Morgan fingerprint density at radius 1 is 1.16 bits per heavy atom. The van der Waals surface area contributed by atoms with Gasteiger partial charge in [0.1, 0.15) is 0 Å². The summed E-state index contributed by atoms with van der Waals surface area (Å²) in [5, 5.41) is 5.71. The highest BCUT2D eigenvalue weighted by atomic mass is 35.5. The first-order valence-electron chi connectivity index (χ1n) is 5.64. The second-order valence-corrected chi connectivity index (χ2v) is 4.03. The molecule has 19 heavy (non-hydrogen) atoms. The third kappa shape index (κ3) is 6.42. The molecular weight excluding hydrogens is 289 g/mol. The zero-order valence-corrected chi connectivity index (χ0v) is 11.9. The third-order valence-electron chi connectivity index (χ3n) is 2.22. The standard InChI is InChI=1S/C12H16ClN3O2.ClH/c13-10-4-2-1-3-9(10)12(18)16-8-7-15-11(17)5-6-14;/h1-4H,5-8,14H2,(H,15,17)(H,16,18);1H. The van der Waals surface area contributed by atoms with Crippen LogP contribution in [0.5, 0.6) is 0 Å². The quantitative estimate of drug-likeness (QED) is 0.684. The summed E-state index contributed by atoms with van der Waals surface area (Å²) in [5.74, 6) is -0.377. The van der Waals surface area contributed by atoms with Crippen LogP contribution in [0, 0.1) is 0 Å². The van der Waals surface area contributed by atoms with Crippen molar-refractivity contribution in [3.05, 3.63) is 34.9 Å². The van der Waals surface area contributed by atoms with Gasteiger partial charge in [-0.15, -0.1) is 12.4 Å². The molecule has 7 heteroatoms. The van der Waals surface area contributed by atoms with Gasteiger partial charge in [0.05, 0.1) is 10.6 Å². The first-order valence-corrected chi connectivity index (χ1v) is 6.02. The number of carbonyl (C=O) groups is 2. The summed E-state index contributed by atoms with van der Waals surface area (Å²) in [7, 11) is 0. The van der Waals surface area contributed by atoms with Gasteiger partial charge in [-0.3, -0.25) is 9.59 Å². The van der Waals surface area contributed by atoms with E-state index in [1.165, 1.54) is 0 Å². The highest BCUT2D eigenvalue weighted by Gasteiger charge is 2.08. The Balaban J connectivity index is 0.00000324. The summed E-state index contributed by atoms with van der Waals surface area (Å²) >= 11 is 5.88. The second-order valence-electron chi connectivity index (χ2n) is 3.62. The zero-order chi connectivity index (χ0) is 13.4. The van der Waals surface area contributed by atoms with E-state index >= 15 is 0 Å². The number of carbonyl (C=O) groups excluding carboxylic acids is 2. The van der Waals surface area contributed by atoms with Gasteiger partial charge in [-0.05, 0) is 12.1 Å². The Hall–Kier alpha value is -1.30. The Morgan fingerprint density at radius 3 is 2.42 bits per heavy atom. The van der Waals surface area contributed by atoms with Crippen molar-refractivity contribution < 1.29 is 9.59 Å². The summed E-state index contributed by atoms with van der Waals surface area (Å²) in [6.07, 6.45) is 0.290. The average Bonchev–Trinajstić information content (AvgIpc) is 2.35. The maximum atomic E-state index is 11.7. The van der Waals surface area contributed by atoms with E-state index < -0.39 is 0 Å². The van der Waals surface area contributed by atoms with Gasteiger partial charge in [-0.2, -0.15) is 0 Å². The van der Waals surface area contributed by atoms with Crippen LogP contribution < -0.4 is 16.4 Å². The van der Waals surface area contributed by atoms with Crippen LogP contribution in [0.1, 0.15) is 16.8 Å². The molecule has 0 aliphatic carbocycles. The first kappa shape index (κ1) is 17.7. The summed E-state index contributed by atoms with van der Waals surface area (Å²) < 4.78 is 0. The number of nitrogens with one attached hydrogen (secondary N) is 2. The van der Waals surface area contributed by atoms with Crippen molar-refractivity contribution in [1.29, 1.82) is 0 Å². The number of amides is 2. The van der Waals surface area contributed by atoms with Gasteiger partial charge in [-0.1, -0.05) is 23.7 Å². The van der Waals surface area contributed by atoms with Crippen molar-refractivity contribution in [2.24, 2.45) is 5.73 Å². The van der Waals surface area contributed by atoms with E-state index in [9.17, 15) is 9.59 Å². The van der Waals surface area contributed by atoms with Gasteiger partial charge in [-0.25, -0.2) is 0 Å². The lowest BCUT2D eigenvalue weighted by molar-refractivity contribution is -0.120. The molecule has 2 amide bonds. The van der Waals surface area contributed by atoms with Crippen molar-refractivity contribution in [3.63, 3.8) is 0 Å². The molecule has 106 valence electrons. The molecule has 0 aromatic heterocycles. The van der Waals surface area contributed by atoms with E-state index in [2.05, 4.69) is 10.6 Å². The number of hydrogen-bond acceptors (Lipinski definition) is 3. The van der Waals surface area contributed by atoms with E-state index in [1.54, 1.807) is 24.3 Å². The molecule has 4 N–H and O–H groups in total. The number of nitrogens with two attached hydrogens (primary N) is 1. The highest BCUT2D eigenvalue weighted by molar-refractivity contribution is 6.33. The lowest BCUT2D eigenvalue weighted by Gasteiger charge is -2.07. The maximum absolute atomic E-state index is 11.7. The second kappa shape index (κ2) is 9.61. The minimum atomic E-state index is -0.256. The number of hydrogen-bond donors (Lipinski definition) is 3. The van der Waals surface area contributed by atoms with Crippen molar-refractivity contribution in [2.45, 2.75) is 6.42 Å². The van der Waals surface area contributed by atoms with Gasteiger partial charge >= 0.3 is 0 Å². The van der Waals surface area contributed by atoms with E-state index in [-0.39, 0.29) is 24.2 Å². The molecule has 0 aliphatic rings. The lowest BCUT2D eigenvalue weighted by Crippen LogP contribution is -2.35. The molecule has 0 atom stereocenters. The molecule has 0 heterocycles. The molecule has 1 aromatic rings. The maximum Gasteiger partial charge on any atom is 0.252 e.